The van der Waals surface area contributed by atoms with Crippen LogP contribution in [0.1, 0.15) is 12.8 Å². The molecule has 1 saturated heterocycles. The van der Waals surface area contributed by atoms with Gasteiger partial charge in [-0.1, -0.05) is 12.1 Å². The number of hydrogen-bond donors (Lipinski definition) is 2. The van der Waals surface area contributed by atoms with Crippen LogP contribution in [0.15, 0.2) is 48.8 Å². The number of benzene rings is 1. The number of rotatable bonds is 3. The molecule has 2 aromatic rings. The highest BCUT2D eigenvalue weighted by atomic mass is 16.2. The topological polar surface area (TPSA) is 80.4 Å². The molecule has 6 nitrogen and oxygen atoms in total. The number of aromatic nitrogens is 1. The van der Waals surface area contributed by atoms with Crippen LogP contribution in [0.25, 0.3) is 5.69 Å². The van der Waals surface area contributed by atoms with Crippen molar-refractivity contribution in [1.29, 1.82) is 0 Å². The highest BCUT2D eigenvalue weighted by Gasteiger charge is 2.32. The van der Waals surface area contributed by atoms with Crippen LogP contribution >= 0.6 is 0 Å². The molecule has 0 saturated carbocycles. The molecule has 1 aliphatic heterocycles. The molecule has 0 radical (unpaired) electrons. The predicted octanol–water partition coefficient (Wildman–Crippen LogP) is 1.96. The van der Waals surface area contributed by atoms with Gasteiger partial charge in [0.1, 0.15) is 6.04 Å². The smallest absolute Gasteiger partial charge is 0.322 e. The number of nitrogens with one attached hydrogen (secondary N) is 1. The lowest BCUT2D eigenvalue weighted by Crippen LogP contribution is -2.45. The maximum absolute atomic E-state index is 12.4. The van der Waals surface area contributed by atoms with Crippen molar-refractivity contribution in [3.63, 3.8) is 0 Å². The van der Waals surface area contributed by atoms with Gasteiger partial charge >= 0.3 is 6.03 Å². The van der Waals surface area contributed by atoms with Crippen LogP contribution < -0.4 is 11.1 Å². The van der Waals surface area contributed by atoms with E-state index in [1.165, 1.54) is 4.90 Å². The molecule has 1 unspecified atom stereocenters. The lowest BCUT2D eigenvalue weighted by atomic mass is 10.2. The Hall–Kier alpha value is -2.76. The number of carbonyl (C=O) groups is 2. The first-order valence-corrected chi connectivity index (χ1v) is 7.26. The summed E-state index contributed by atoms with van der Waals surface area (Å²) in [5.74, 6) is -0.452. The van der Waals surface area contributed by atoms with Crippen molar-refractivity contribution >= 4 is 17.6 Å². The summed E-state index contributed by atoms with van der Waals surface area (Å²) in [5.41, 5.74) is 6.93. The minimum Gasteiger partial charge on any atom is -0.368 e. The largest absolute Gasteiger partial charge is 0.368 e. The second kappa shape index (κ2) is 5.93. The van der Waals surface area contributed by atoms with Crippen molar-refractivity contribution in [2.45, 2.75) is 18.9 Å². The first-order chi connectivity index (χ1) is 10.7. The fourth-order valence-corrected chi connectivity index (χ4v) is 2.79. The summed E-state index contributed by atoms with van der Waals surface area (Å²) in [6, 6.07) is 10.6. The van der Waals surface area contributed by atoms with Gasteiger partial charge in [-0.2, -0.15) is 0 Å². The van der Waals surface area contributed by atoms with Gasteiger partial charge in [0.15, 0.2) is 0 Å². The number of primary amides is 1. The Labute approximate surface area is 128 Å². The Morgan fingerprint density at radius 3 is 2.59 bits per heavy atom. The van der Waals surface area contributed by atoms with Crippen LogP contribution in [0.4, 0.5) is 10.5 Å². The number of nitrogens with zero attached hydrogens (tertiary/aromatic N) is 2. The zero-order valence-electron chi connectivity index (χ0n) is 12.1. The van der Waals surface area contributed by atoms with Crippen molar-refractivity contribution < 1.29 is 9.59 Å². The molecule has 3 N–H and O–H groups in total. The molecule has 1 atom stereocenters. The van der Waals surface area contributed by atoms with E-state index >= 15 is 0 Å². The molecule has 114 valence electrons. The van der Waals surface area contributed by atoms with Crippen molar-refractivity contribution in [3.8, 4) is 5.69 Å². The number of nitrogens with two attached hydrogens (primary N) is 1. The van der Waals surface area contributed by atoms with Gasteiger partial charge in [0, 0.05) is 18.9 Å². The molecule has 22 heavy (non-hydrogen) atoms. The molecule has 2 heterocycles. The Balaban J connectivity index is 1.82. The third-order valence-corrected chi connectivity index (χ3v) is 3.87. The average Bonchev–Trinajstić information content (AvgIpc) is 3.19. The zero-order valence-corrected chi connectivity index (χ0v) is 12.1. The molecule has 0 bridgehead atoms. The van der Waals surface area contributed by atoms with Crippen molar-refractivity contribution in [1.82, 2.24) is 9.47 Å². The molecule has 1 fully saturated rings. The normalized spacial score (nSPS) is 17.5. The molecule has 0 aliphatic carbocycles. The molecule has 0 spiro atoms. The number of likely N-dealkylation sites (tertiary alicyclic amines) is 1. The van der Waals surface area contributed by atoms with E-state index in [0.717, 1.165) is 12.1 Å². The van der Waals surface area contributed by atoms with E-state index in [1.807, 2.05) is 53.4 Å². The number of para-hydroxylation sites is 2. The predicted molar refractivity (Wildman–Crippen MR) is 83.7 cm³/mol. The van der Waals surface area contributed by atoms with Crippen LogP contribution in [0.3, 0.4) is 0 Å². The van der Waals surface area contributed by atoms with Gasteiger partial charge in [-0.15, -0.1) is 0 Å². The Morgan fingerprint density at radius 1 is 1.14 bits per heavy atom. The average molecular weight is 298 g/mol. The molecule has 3 rings (SSSR count). The van der Waals surface area contributed by atoms with Crippen LogP contribution in [-0.4, -0.2) is 34.0 Å². The van der Waals surface area contributed by atoms with Crippen LogP contribution in [0.5, 0.6) is 0 Å². The van der Waals surface area contributed by atoms with Gasteiger partial charge in [0.2, 0.25) is 5.91 Å². The Morgan fingerprint density at radius 2 is 1.86 bits per heavy atom. The number of carbonyl (C=O) groups excluding carboxylic acids is 2. The minimum atomic E-state index is -0.515. The highest BCUT2D eigenvalue weighted by Crippen LogP contribution is 2.23. The van der Waals surface area contributed by atoms with E-state index in [2.05, 4.69) is 5.32 Å². The van der Waals surface area contributed by atoms with E-state index in [-0.39, 0.29) is 6.03 Å². The molecule has 3 amide bonds. The summed E-state index contributed by atoms with van der Waals surface area (Å²) in [5, 5.41) is 2.88. The lowest BCUT2D eigenvalue weighted by molar-refractivity contribution is -0.121. The van der Waals surface area contributed by atoms with Crippen LogP contribution in [0.2, 0.25) is 0 Å². The summed E-state index contributed by atoms with van der Waals surface area (Å²) in [7, 11) is 0. The third-order valence-electron chi connectivity index (χ3n) is 3.87. The lowest BCUT2D eigenvalue weighted by Gasteiger charge is -2.23. The zero-order chi connectivity index (χ0) is 15.5. The first kappa shape index (κ1) is 14.2. The number of anilines is 1. The monoisotopic (exact) mass is 298 g/mol. The second-order valence-corrected chi connectivity index (χ2v) is 5.29. The maximum Gasteiger partial charge on any atom is 0.322 e. The Kier molecular flexibility index (Phi) is 3.82. The van der Waals surface area contributed by atoms with E-state index in [9.17, 15) is 9.59 Å². The third kappa shape index (κ3) is 2.67. The van der Waals surface area contributed by atoms with Gasteiger partial charge in [-0.25, -0.2) is 4.79 Å². The number of hydrogen-bond acceptors (Lipinski definition) is 2. The fraction of sp³-hybridized carbons (Fsp3) is 0.250. The van der Waals surface area contributed by atoms with Crippen molar-refractivity contribution in [2.75, 3.05) is 11.9 Å². The summed E-state index contributed by atoms with van der Waals surface area (Å²) in [4.78, 5) is 25.4. The number of urea groups is 1. The molecular weight excluding hydrogens is 280 g/mol. The van der Waals surface area contributed by atoms with Crippen LogP contribution in [0, 0.1) is 0 Å². The van der Waals surface area contributed by atoms with E-state index in [0.29, 0.717) is 18.7 Å². The molecule has 6 heteroatoms. The van der Waals surface area contributed by atoms with Gasteiger partial charge < -0.3 is 20.5 Å². The van der Waals surface area contributed by atoms with Crippen LogP contribution in [-0.2, 0) is 4.79 Å². The van der Waals surface area contributed by atoms with Crippen molar-refractivity contribution in [2.24, 2.45) is 5.73 Å². The molecule has 1 aromatic carbocycles. The summed E-state index contributed by atoms with van der Waals surface area (Å²) in [6.45, 7) is 0.547. The van der Waals surface area contributed by atoms with E-state index in [1.54, 1.807) is 0 Å². The van der Waals surface area contributed by atoms with Crippen molar-refractivity contribution in [3.05, 3.63) is 48.8 Å². The molecule has 1 aromatic heterocycles. The molecule has 1 aliphatic rings. The maximum atomic E-state index is 12.4. The standard InChI is InChI=1S/C16H18N4O2/c17-15(21)14-8-5-11-20(14)16(22)18-12-6-1-2-7-13(12)19-9-3-4-10-19/h1-4,6-7,9-10,14H,5,8,11H2,(H2,17,21)(H,18,22). The van der Waals surface area contributed by atoms with E-state index < -0.39 is 11.9 Å². The second-order valence-electron chi connectivity index (χ2n) is 5.29. The summed E-state index contributed by atoms with van der Waals surface area (Å²) >= 11 is 0. The Bertz CT molecular complexity index is 681. The summed E-state index contributed by atoms with van der Waals surface area (Å²) in [6.07, 6.45) is 5.24. The fourth-order valence-electron chi connectivity index (χ4n) is 2.79. The van der Waals surface area contributed by atoms with Gasteiger partial charge in [0.05, 0.1) is 11.4 Å². The minimum absolute atomic E-state index is 0.291. The molecular formula is C16H18N4O2. The highest BCUT2D eigenvalue weighted by molar-refractivity contribution is 5.95. The quantitative estimate of drug-likeness (QED) is 0.908. The number of amides is 3. The SMILES string of the molecule is NC(=O)C1CCCN1C(=O)Nc1ccccc1-n1cccc1. The van der Waals surface area contributed by atoms with E-state index in [4.69, 9.17) is 5.73 Å². The van der Waals surface area contributed by atoms with Gasteiger partial charge in [-0.3, -0.25) is 4.79 Å². The summed E-state index contributed by atoms with van der Waals surface area (Å²) < 4.78 is 1.92. The first-order valence-electron chi connectivity index (χ1n) is 7.26. The van der Waals surface area contributed by atoms with Gasteiger partial charge in [-0.05, 0) is 37.1 Å². The van der Waals surface area contributed by atoms with Gasteiger partial charge in [0.25, 0.3) is 0 Å².